The highest BCUT2D eigenvalue weighted by Crippen LogP contribution is 2.38. The first-order chi connectivity index (χ1) is 15.1. The van der Waals surface area contributed by atoms with Crippen LogP contribution < -0.4 is 0 Å². The zero-order valence-corrected chi connectivity index (χ0v) is 18.3. The van der Waals surface area contributed by atoms with E-state index in [0.717, 1.165) is 52.2 Å². The molecular formula is C25H25N3O2S. The van der Waals surface area contributed by atoms with Gasteiger partial charge in [0.25, 0.3) is 0 Å². The molecule has 0 saturated carbocycles. The van der Waals surface area contributed by atoms with Gasteiger partial charge in [0.05, 0.1) is 28.7 Å². The molecule has 0 N–H and O–H groups in total. The first kappa shape index (κ1) is 19.9. The predicted molar refractivity (Wildman–Crippen MR) is 123 cm³/mol. The van der Waals surface area contributed by atoms with Gasteiger partial charge in [-0.3, -0.25) is 9.59 Å². The second-order valence-corrected chi connectivity index (χ2v) is 9.27. The summed E-state index contributed by atoms with van der Waals surface area (Å²) < 4.78 is 1.16. The number of carbonyl (C=O) groups is 2. The monoisotopic (exact) mass is 431 g/mol. The van der Waals surface area contributed by atoms with Crippen LogP contribution in [-0.2, 0) is 9.59 Å². The highest BCUT2D eigenvalue weighted by molar-refractivity contribution is 7.18. The minimum absolute atomic E-state index is 0.0128. The number of carbonyl (C=O) groups excluding carboxylic acids is 2. The SMILES string of the molecule is CC(=O)N1C=Cc2ccccc2[C@H]1CC(=O)N1CCCC[C@H]1c1nc2ccccc2s1. The van der Waals surface area contributed by atoms with Crippen LogP contribution in [0.3, 0.4) is 0 Å². The number of fused-ring (bicyclic) bond motifs is 2. The van der Waals surface area contributed by atoms with Gasteiger partial charge < -0.3 is 9.80 Å². The summed E-state index contributed by atoms with van der Waals surface area (Å²) in [5.74, 6) is 0.0372. The van der Waals surface area contributed by atoms with E-state index >= 15 is 0 Å². The summed E-state index contributed by atoms with van der Waals surface area (Å²) in [6.07, 6.45) is 7.07. The van der Waals surface area contributed by atoms with Gasteiger partial charge in [-0.15, -0.1) is 11.3 Å². The van der Waals surface area contributed by atoms with E-state index in [1.807, 2.05) is 59.6 Å². The van der Waals surface area contributed by atoms with E-state index in [0.29, 0.717) is 0 Å². The topological polar surface area (TPSA) is 53.5 Å². The molecule has 158 valence electrons. The number of benzene rings is 2. The van der Waals surface area contributed by atoms with E-state index in [1.54, 1.807) is 23.2 Å². The highest BCUT2D eigenvalue weighted by Gasteiger charge is 2.34. The smallest absolute Gasteiger partial charge is 0.225 e. The minimum atomic E-state index is -0.274. The van der Waals surface area contributed by atoms with Crippen LogP contribution in [-0.4, -0.2) is 33.1 Å². The molecule has 1 aromatic heterocycles. The van der Waals surface area contributed by atoms with E-state index < -0.39 is 0 Å². The molecule has 2 amide bonds. The molecule has 0 spiro atoms. The summed E-state index contributed by atoms with van der Waals surface area (Å²) >= 11 is 1.68. The lowest BCUT2D eigenvalue weighted by Gasteiger charge is -2.38. The van der Waals surface area contributed by atoms with Gasteiger partial charge in [-0.05, 0) is 48.6 Å². The van der Waals surface area contributed by atoms with Crippen LogP contribution >= 0.6 is 11.3 Å². The van der Waals surface area contributed by atoms with Crippen LogP contribution in [0.25, 0.3) is 16.3 Å². The van der Waals surface area contributed by atoms with Gasteiger partial charge in [0.15, 0.2) is 0 Å². The molecule has 2 aliphatic heterocycles. The Hall–Kier alpha value is -2.99. The normalized spacial score (nSPS) is 20.7. The van der Waals surface area contributed by atoms with Crippen LogP contribution in [0.4, 0.5) is 0 Å². The van der Waals surface area contributed by atoms with E-state index in [-0.39, 0.29) is 30.3 Å². The van der Waals surface area contributed by atoms with Crippen LogP contribution in [0, 0.1) is 0 Å². The van der Waals surface area contributed by atoms with Gasteiger partial charge in [-0.2, -0.15) is 0 Å². The number of piperidine rings is 1. The number of likely N-dealkylation sites (tertiary alicyclic amines) is 1. The zero-order valence-electron chi connectivity index (χ0n) is 17.5. The standard InChI is InChI=1S/C25H25N3O2S/c1-17(29)27-15-13-18-8-2-3-9-19(18)22(27)16-24(30)28-14-7-6-11-21(28)25-26-20-10-4-5-12-23(20)31-25/h2-5,8-10,12-13,15,21-22H,6-7,11,14,16H2,1H3/t21-,22+/m0/s1. The quantitative estimate of drug-likeness (QED) is 0.564. The van der Waals surface area contributed by atoms with Crippen LogP contribution in [0.2, 0.25) is 0 Å². The lowest BCUT2D eigenvalue weighted by atomic mass is 9.92. The van der Waals surface area contributed by atoms with Crippen molar-refractivity contribution in [3.8, 4) is 0 Å². The van der Waals surface area contributed by atoms with Crippen molar-refractivity contribution in [1.29, 1.82) is 0 Å². The molecular weight excluding hydrogens is 406 g/mol. The average Bonchev–Trinajstić information content (AvgIpc) is 3.23. The zero-order chi connectivity index (χ0) is 21.4. The molecule has 0 bridgehead atoms. The number of hydrogen-bond acceptors (Lipinski definition) is 4. The Balaban J connectivity index is 1.43. The molecule has 2 aromatic carbocycles. The second-order valence-electron chi connectivity index (χ2n) is 8.21. The van der Waals surface area contributed by atoms with E-state index in [4.69, 9.17) is 4.98 Å². The summed E-state index contributed by atoms with van der Waals surface area (Å²) in [7, 11) is 0. The lowest BCUT2D eigenvalue weighted by molar-refractivity contribution is -0.137. The van der Waals surface area contributed by atoms with Gasteiger partial charge >= 0.3 is 0 Å². The van der Waals surface area contributed by atoms with Gasteiger partial charge in [0, 0.05) is 19.7 Å². The van der Waals surface area contributed by atoms with Crippen molar-refractivity contribution in [2.24, 2.45) is 0 Å². The second kappa shape index (κ2) is 8.27. The molecule has 1 saturated heterocycles. The van der Waals surface area contributed by atoms with Crippen LogP contribution in [0.5, 0.6) is 0 Å². The fraction of sp³-hybridized carbons (Fsp3) is 0.320. The van der Waals surface area contributed by atoms with Crippen molar-refractivity contribution >= 4 is 39.4 Å². The molecule has 2 aliphatic rings. The van der Waals surface area contributed by atoms with Gasteiger partial charge in [0.2, 0.25) is 11.8 Å². The molecule has 3 aromatic rings. The Morgan fingerprint density at radius 3 is 2.74 bits per heavy atom. The summed E-state index contributed by atoms with van der Waals surface area (Å²) in [5, 5.41) is 1.02. The highest BCUT2D eigenvalue weighted by atomic mass is 32.1. The van der Waals surface area contributed by atoms with Gasteiger partial charge in [-0.1, -0.05) is 36.4 Å². The average molecular weight is 432 g/mol. The maximum absolute atomic E-state index is 13.6. The number of nitrogens with zero attached hydrogens (tertiary/aromatic N) is 3. The number of amides is 2. The Morgan fingerprint density at radius 2 is 1.90 bits per heavy atom. The lowest BCUT2D eigenvalue weighted by Crippen LogP contribution is -2.41. The molecule has 0 aliphatic carbocycles. The van der Waals surface area contributed by atoms with E-state index in [2.05, 4.69) is 6.07 Å². The number of para-hydroxylation sites is 1. The number of hydrogen-bond donors (Lipinski definition) is 0. The third kappa shape index (κ3) is 3.76. The van der Waals surface area contributed by atoms with Gasteiger partial charge in [0.1, 0.15) is 5.01 Å². The van der Waals surface area contributed by atoms with Crippen LogP contribution in [0.15, 0.2) is 54.7 Å². The summed E-state index contributed by atoms with van der Waals surface area (Å²) in [4.78, 5) is 34.4. The third-order valence-electron chi connectivity index (χ3n) is 6.26. The molecule has 3 heterocycles. The summed E-state index contributed by atoms with van der Waals surface area (Å²) in [5.41, 5.74) is 3.09. The van der Waals surface area contributed by atoms with E-state index in [9.17, 15) is 9.59 Å². The molecule has 0 radical (unpaired) electrons. The van der Waals surface area contributed by atoms with Gasteiger partial charge in [-0.25, -0.2) is 4.98 Å². The fourth-order valence-electron chi connectivity index (χ4n) is 4.72. The fourth-order valence-corrected chi connectivity index (χ4v) is 5.83. The molecule has 5 rings (SSSR count). The van der Waals surface area contributed by atoms with Crippen molar-refractivity contribution < 1.29 is 9.59 Å². The maximum atomic E-state index is 13.6. The first-order valence-corrected chi connectivity index (χ1v) is 11.6. The largest absolute Gasteiger partial charge is 0.333 e. The summed E-state index contributed by atoms with van der Waals surface area (Å²) in [6, 6.07) is 15.9. The molecule has 5 nitrogen and oxygen atoms in total. The number of thiazole rings is 1. The van der Waals surface area contributed by atoms with Crippen LogP contribution in [0.1, 0.15) is 60.8 Å². The van der Waals surface area contributed by atoms with Crippen molar-refractivity contribution in [2.75, 3.05) is 6.54 Å². The van der Waals surface area contributed by atoms with Crippen molar-refractivity contribution in [1.82, 2.24) is 14.8 Å². The third-order valence-corrected chi connectivity index (χ3v) is 7.39. The van der Waals surface area contributed by atoms with Crippen molar-refractivity contribution in [3.05, 3.63) is 70.9 Å². The maximum Gasteiger partial charge on any atom is 0.225 e. The minimum Gasteiger partial charge on any atom is -0.333 e. The first-order valence-electron chi connectivity index (χ1n) is 10.8. The molecule has 2 atom stereocenters. The van der Waals surface area contributed by atoms with Crippen molar-refractivity contribution in [2.45, 2.75) is 44.7 Å². The predicted octanol–water partition coefficient (Wildman–Crippen LogP) is 5.31. The number of rotatable bonds is 3. The summed E-state index contributed by atoms with van der Waals surface area (Å²) in [6.45, 7) is 2.30. The Kier molecular flexibility index (Phi) is 5.32. The van der Waals surface area contributed by atoms with Crippen molar-refractivity contribution in [3.63, 3.8) is 0 Å². The molecule has 6 heteroatoms. The Morgan fingerprint density at radius 1 is 1.10 bits per heavy atom. The number of aromatic nitrogens is 1. The Bertz CT molecular complexity index is 1140. The Labute approximate surface area is 186 Å². The molecule has 1 fully saturated rings. The molecule has 31 heavy (non-hydrogen) atoms. The molecule has 0 unspecified atom stereocenters. The van der Waals surface area contributed by atoms with E-state index in [1.165, 1.54) is 0 Å².